The number of carbonyl (C=O) groups excluding carboxylic acids is 1. The maximum Gasteiger partial charge on any atom is 0.328 e. The minimum absolute atomic E-state index is 0.172. The lowest BCUT2D eigenvalue weighted by Gasteiger charge is -2.29. The zero-order chi connectivity index (χ0) is 28.5. The Morgan fingerprint density at radius 3 is 2.02 bits per heavy atom. The first-order valence-electron chi connectivity index (χ1n) is 14.1. The van der Waals surface area contributed by atoms with E-state index in [0.717, 1.165) is 47.7 Å². The van der Waals surface area contributed by atoms with Crippen molar-refractivity contribution in [2.75, 3.05) is 0 Å². The number of carbonyl (C=O) groups is 2. The van der Waals surface area contributed by atoms with Crippen LogP contribution in [0.1, 0.15) is 57.3 Å². The van der Waals surface area contributed by atoms with E-state index in [0.29, 0.717) is 18.4 Å². The molecule has 1 N–H and O–H groups in total. The van der Waals surface area contributed by atoms with Crippen molar-refractivity contribution in [2.45, 2.75) is 70.9 Å². The molecule has 0 saturated heterocycles. The average molecular weight is 539 g/mol. The molecule has 0 aliphatic rings. The number of rotatable bonds is 13. The van der Waals surface area contributed by atoms with Crippen LogP contribution in [-0.4, -0.2) is 32.7 Å². The number of ether oxygens (including phenoxy) is 1. The second kappa shape index (κ2) is 13.2. The van der Waals surface area contributed by atoms with Gasteiger partial charge in [0, 0.05) is 17.7 Å². The third-order valence-corrected chi connectivity index (χ3v) is 7.55. The number of esters is 1. The monoisotopic (exact) mass is 538 g/mol. The molecule has 1 heterocycles. The van der Waals surface area contributed by atoms with Gasteiger partial charge in [-0.2, -0.15) is 0 Å². The van der Waals surface area contributed by atoms with Gasteiger partial charge >= 0.3 is 11.9 Å². The van der Waals surface area contributed by atoms with Gasteiger partial charge in [0.1, 0.15) is 5.82 Å². The Morgan fingerprint density at radius 1 is 0.875 bits per heavy atom. The smallest absolute Gasteiger partial charge is 0.328 e. The normalized spacial score (nSPS) is 13.4. The van der Waals surface area contributed by atoms with Gasteiger partial charge in [0.15, 0.2) is 5.41 Å². The number of benzene rings is 3. The maximum atomic E-state index is 13.3. The molecular formula is C34H38N2O4. The highest BCUT2D eigenvalue weighted by Crippen LogP contribution is 2.35. The highest BCUT2D eigenvalue weighted by molar-refractivity contribution is 6.05. The molecule has 0 radical (unpaired) electrons. The van der Waals surface area contributed by atoms with Gasteiger partial charge in [0.05, 0.1) is 17.5 Å². The largest absolute Gasteiger partial charge is 0.480 e. The van der Waals surface area contributed by atoms with E-state index in [-0.39, 0.29) is 12.5 Å². The lowest BCUT2D eigenvalue weighted by Crippen LogP contribution is -2.46. The van der Waals surface area contributed by atoms with Gasteiger partial charge in [-0.15, -0.1) is 0 Å². The summed E-state index contributed by atoms with van der Waals surface area (Å²) in [5.41, 5.74) is 2.92. The lowest BCUT2D eigenvalue weighted by molar-refractivity contribution is -0.165. The molecule has 2 atom stereocenters. The van der Waals surface area contributed by atoms with Gasteiger partial charge in [-0.05, 0) is 38.7 Å². The Morgan fingerprint density at radius 2 is 1.45 bits per heavy atom. The molecule has 0 fully saturated rings. The Hall–Kier alpha value is -4.19. The van der Waals surface area contributed by atoms with E-state index in [1.807, 2.05) is 56.3 Å². The molecule has 40 heavy (non-hydrogen) atoms. The summed E-state index contributed by atoms with van der Waals surface area (Å²) in [7, 11) is 0. The number of aromatic nitrogens is 2. The first-order chi connectivity index (χ1) is 19.4. The molecule has 208 valence electrons. The summed E-state index contributed by atoms with van der Waals surface area (Å²) < 4.78 is 7.85. The molecule has 1 aromatic heterocycles. The van der Waals surface area contributed by atoms with Gasteiger partial charge in [0.2, 0.25) is 0 Å². The first-order valence-corrected chi connectivity index (χ1v) is 14.1. The van der Waals surface area contributed by atoms with Crippen molar-refractivity contribution in [2.24, 2.45) is 0 Å². The molecule has 6 heteroatoms. The van der Waals surface area contributed by atoms with E-state index in [2.05, 4.69) is 28.8 Å². The second-order valence-electron chi connectivity index (χ2n) is 10.3. The molecule has 4 aromatic rings. The summed E-state index contributed by atoms with van der Waals surface area (Å²) >= 11 is 0. The second-order valence-corrected chi connectivity index (χ2v) is 10.3. The fourth-order valence-corrected chi connectivity index (χ4v) is 5.13. The summed E-state index contributed by atoms with van der Waals surface area (Å²) in [6.45, 7) is 6.46. The Labute approximate surface area is 236 Å². The van der Waals surface area contributed by atoms with E-state index < -0.39 is 17.4 Å². The minimum Gasteiger partial charge on any atom is -0.480 e. The number of aliphatic carboxylic acids is 1. The topological polar surface area (TPSA) is 81.4 Å². The Kier molecular flexibility index (Phi) is 9.54. The zero-order valence-corrected chi connectivity index (χ0v) is 23.5. The van der Waals surface area contributed by atoms with E-state index in [1.54, 1.807) is 31.2 Å². The summed E-state index contributed by atoms with van der Waals surface area (Å²) in [5.74, 6) is -0.930. The molecule has 0 bridgehead atoms. The molecule has 6 nitrogen and oxygen atoms in total. The molecular weight excluding hydrogens is 500 g/mol. The summed E-state index contributed by atoms with van der Waals surface area (Å²) in [6, 6.07) is 29.2. The van der Waals surface area contributed by atoms with Crippen LogP contribution in [0.5, 0.6) is 0 Å². The molecule has 3 aromatic carbocycles. The minimum atomic E-state index is -1.73. The van der Waals surface area contributed by atoms with Crippen LogP contribution in [0.25, 0.3) is 22.5 Å². The highest BCUT2D eigenvalue weighted by Gasteiger charge is 2.49. The molecule has 0 aliphatic heterocycles. The number of imidazole rings is 1. The lowest BCUT2D eigenvalue weighted by atomic mass is 9.76. The van der Waals surface area contributed by atoms with Crippen molar-refractivity contribution in [3.8, 4) is 22.5 Å². The van der Waals surface area contributed by atoms with Crippen molar-refractivity contribution >= 4 is 11.9 Å². The van der Waals surface area contributed by atoms with E-state index >= 15 is 0 Å². The number of aryl methyl sites for hydroxylation is 1. The van der Waals surface area contributed by atoms with Crippen molar-refractivity contribution in [1.82, 2.24) is 9.55 Å². The highest BCUT2D eigenvalue weighted by atomic mass is 16.5. The van der Waals surface area contributed by atoms with Crippen molar-refractivity contribution in [3.05, 3.63) is 102 Å². The van der Waals surface area contributed by atoms with Gasteiger partial charge in [-0.25, -0.2) is 4.98 Å². The SMILES string of the molecule is CCC(C)OC(=O)C(CCCCCn1c(C)nc(-c2ccccc2)c1-c1ccccc1)(C(=O)O)c1ccccc1. The molecule has 0 saturated carbocycles. The fraction of sp³-hybridized carbons (Fsp3) is 0.324. The zero-order valence-electron chi connectivity index (χ0n) is 23.5. The van der Waals surface area contributed by atoms with E-state index in [1.165, 1.54) is 0 Å². The number of hydrogen-bond acceptors (Lipinski definition) is 4. The number of carboxylic acids is 1. The first kappa shape index (κ1) is 28.8. The van der Waals surface area contributed by atoms with Crippen LogP contribution in [0, 0.1) is 6.92 Å². The Bertz CT molecular complexity index is 1400. The van der Waals surface area contributed by atoms with Crippen LogP contribution >= 0.6 is 0 Å². The van der Waals surface area contributed by atoms with Crippen LogP contribution in [-0.2, 0) is 26.3 Å². The van der Waals surface area contributed by atoms with E-state index in [9.17, 15) is 14.7 Å². The average Bonchev–Trinajstić information content (AvgIpc) is 3.31. The number of carboxylic acid groups (broad SMARTS) is 1. The van der Waals surface area contributed by atoms with Gasteiger partial charge in [-0.3, -0.25) is 9.59 Å². The maximum absolute atomic E-state index is 13.3. The molecule has 0 spiro atoms. The van der Waals surface area contributed by atoms with Crippen LogP contribution in [0.4, 0.5) is 0 Å². The summed E-state index contributed by atoms with van der Waals surface area (Å²) in [4.78, 5) is 31.0. The fourth-order valence-electron chi connectivity index (χ4n) is 5.13. The number of nitrogens with zero attached hydrogens (tertiary/aromatic N) is 2. The standard InChI is InChI=1S/C34H38N2O4/c1-4-25(2)40-33(39)34(32(37)38,29-21-13-7-14-22-29)23-15-8-16-24-36-26(3)35-30(27-17-9-5-10-18-27)31(36)28-19-11-6-12-20-28/h5-7,9-14,17-22,25H,4,8,15-16,23-24H2,1-3H3,(H,37,38). The predicted octanol–water partition coefficient (Wildman–Crippen LogP) is 7.45. The molecule has 2 unspecified atom stereocenters. The molecule has 0 amide bonds. The van der Waals surface area contributed by atoms with Crippen molar-refractivity contribution in [3.63, 3.8) is 0 Å². The predicted molar refractivity (Wildman–Crippen MR) is 158 cm³/mol. The van der Waals surface area contributed by atoms with Gasteiger partial charge in [0.25, 0.3) is 0 Å². The summed E-state index contributed by atoms with van der Waals surface area (Å²) in [6.07, 6.45) is 2.58. The molecule has 4 rings (SSSR count). The Balaban J connectivity index is 1.54. The van der Waals surface area contributed by atoms with Gasteiger partial charge in [-0.1, -0.05) is 111 Å². The quantitative estimate of drug-likeness (QED) is 0.109. The number of unbranched alkanes of at least 4 members (excludes halogenated alkanes) is 2. The summed E-state index contributed by atoms with van der Waals surface area (Å²) in [5, 5.41) is 10.4. The van der Waals surface area contributed by atoms with Crippen molar-refractivity contribution in [1.29, 1.82) is 0 Å². The third-order valence-electron chi connectivity index (χ3n) is 7.55. The van der Waals surface area contributed by atoms with E-state index in [4.69, 9.17) is 9.72 Å². The van der Waals surface area contributed by atoms with Crippen LogP contribution in [0.15, 0.2) is 91.0 Å². The van der Waals surface area contributed by atoms with Gasteiger partial charge < -0.3 is 14.4 Å². The third kappa shape index (κ3) is 6.17. The van der Waals surface area contributed by atoms with Crippen molar-refractivity contribution < 1.29 is 19.4 Å². The van der Waals surface area contributed by atoms with Crippen LogP contribution in [0.2, 0.25) is 0 Å². The number of hydrogen-bond donors (Lipinski definition) is 1. The van der Waals surface area contributed by atoms with Crippen LogP contribution in [0.3, 0.4) is 0 Å². The van der Waals surface area contributed by atoms with Crippen LogP contribution < -0.4 is 0 Å². The molecule has 0 aliphatic carbocycles.